The second-order valence-electron chi connectivity index (χ2n) is 6.87. The molecule has 1 saturated carbocycles. The Kier molecular flexibility index (Phi) is 4.33. The molecule has 0 bridgehead atoms. The van der Waals surface area contributed by atoms with Gasteiger partial charge in [0.2, 0.25) is 0 Å². The smallest absolute Gasteiger partial charge is 0.134 e. The molecule has 3 heteroatoms. The Morgan fingerprint density at radius 3 is 2.29 bits per heavy atom. The Hall–Kier alpha value is -0.540. The first-order valence-electron chi connectivity index (χ1n) is 8.34. The van der Waals surface area contributed by atoms with Crippen LogP contribution in [-0.2, 0) is 18.3 Å². The van der Waals surface area contributed by atoms with Gasteiger partial charge in [-0.1, -0.05) is 19.3 Å². The maximum absolute atomic E-state index is 10.9. The van der Waals surface area contributed by atoms with Gasteiger partial charge in [0.15, 0.2) is 0 Å². The summed E-state index contributed by atoms with van der Waals surface area (Å²) in [5.74, 6) is 0.473. The summed E-state index contributed by atoms with van der Waals surface area (Å²) in [5.41, 5.74) is 11.5. The van der Waals surface area contributed by atoms with E-state index in [-0.39, 0.29) is 5.41 Å². The van der Waals surface area contributed by atoms with E-state index in [2.05, 4.69) is 22.9 Å². The van der Waals surface area contributed by atoms with Crippen LogP contribution < -0.4 is 5.73 Å². The number of phenols is 1. The van der Waals surface area contributed by atoms with Crippen LogP contribution in [-0.4, -0.2) is 11.7 Å². The van der Waals surface area contributed by atoms with Crippen LogP contribution >= 0.6 is 15.9 Å². The maximum Gasteiger partial charge on any atom is 0.134 e. The summed E-state index contributed by atoms with van der Waals surface area (Å²) in [4.78, 5) is 0. The highest BCUT2D eigenvalue weighted by Gasteiger charge is 2.38. The quantitative estimate of drug-likeness (QED) is 0.823. The van der Waals surface area contributed by atoms with Crippen molar-refractivity contribution < 1.29 is 5.11 Å². The first-order valence-corrected chi connectivity index (χ1v) is 9.13. The summed E-state index contributed by atoms with van der Waals surface area (Å²) >= 11 is 3.68. The van der Waals surface area contributed by atoms with Crippen molar-refractivity contribution in [2.45, 2.75) is 70.1 Å². The summed E-state index contributed by atoms with van der Waals surface area (Å²) < 4.78 is 0.941. The average molecular weight is 352 g/mol. The minimum absolute atomic E-state index is 0.0125. The van der Waals surface area contributed by atoms with E-state index in [1.165, 1.54) is 48.8 Å². The van der Waals surface area contributed by atoms with Crippen LogP contribution in [0.4, 0.5) is 0 Å². The number of benzene rings is 1. The van der Waals surface area contributed by atoms with Crippen LogP contribution in [0.2, 0.25) is 0 Å². The lowest BCUT2D eigenvalue weighted by molar-refractivity contribution is 0.288. The molecule has 21 heavy (non-hydrogen) atoms. The monoisotopic (exact) mass is 351 g/mol. The van der Waals surface area contributed by atoms with Crippen molar-refractivity contribution in [2.75, 3.05) is 6.54 Å². The van der Waals surface area contributed by atoms with E-state index in [1.807, 2.05) is 0 Å². The molecule has 0 heterocycles. The molecule has 3 N–H and O–H groups in total. The highest BCUT2D eigenvalue weighted by Crippen LogP contribution is 2.49. The molecule has 1 aromatic carbocycles. The molecular weight excluding hydrogens is 326 g/mol. The first kappa shape index (κ1) is 15.4. The molecule has 116 valence electrons. The zero-order valence-electron chi connectivity index (χ0n) is 13.0. The molecule has 1 fully saturated rings. The minimum Gasteiger partial charge on any atom is -0.506 e. The summed E-state index contributed by atoms with van der Waals surface area (Å²) in [6.07, 6.45) is 10.7. The molecule has 0 amide bonds. The van der Waals surface area contributed by atoms with E-state index < -0.39 is 0 Å². The number of halogens is 1. The van der Waals surface area contributed by atoms with Crippen molar-refractivity contribution >= 4 is 15.9 Å². The van der Waals surface area contributed by atoms with Gasteiger partial charge in [0.1, 0.15) is 5.75 Å². The average Bonchev–Trinajstić information content (AvgIpc) is 2.54. The predicted molar refractivity (Wildman–Crippen MR) is 91.0 cm³/mol. The van der Waals surface area contributed by atoms with Crippen molar-refractivity contribution in [3.63, 3.8) is 0 Å². The van der Waals surface area contributed by atoms with Crippen LogP contribution in [0.5, 0.6) is 5.75 Å². The van der Waals surface area contributed by atoms with Gasteiger partial charge < -0.3 is 10.8 Å². The van der Waals surface area contributed by atoms with Crippen LogP contribution in [0.3, 0.4) is 0 Å². The third-order valence-electron chi connectivity index (χ3n) is 5.74. The predicted octanol–water partition coefficient (Wildman–Crippen LogP) is 4.50. The number of aromatic hydroxyl groups is 1. The third-order valence-corrected chi connectivity index (χ3v) is 6.59. The summed E-state index contributed by atoms with van der Waals surface area (Å²) in [5, 5.41) is 10.9. The fraction of sp³-hybridized carbons (Fsp3) is 0.667. The Morgan fingerprint density at radius 1 is 1.05 bits per heavy atom. The summed E-state index contributed by atoms with van der Waals surface area (Å²) in [6.45, 7) is 2.85. The third kappa shape index (κ3) is 2.43. The molecule has 1 aromatic rings. The van der Waals surface area contributed by atoms with Gasteiger partial charge in [-0.2, -0.15) is 0 Å². The van der Waals surface area contributed by atoms with Crippen LogP contribution in [0.25, 0.3) is 0 Å². The zero-order valence-corrected chi connectivity index (χ0v) is 14.6. The number of hydrogen-bond acceptors (Lipinski definition) is 2. The molecule has 0 aromatic heterocycles. The molecule has 2 aliphatic rings. The Bertz CT molecular complexity index is 547. The second kappa shape index (κ2) is 5.92. The van der Waals surface area contributed by atoms with Gasteiger partial charge in [-0.25, -0.2) is 0 Å². The largest absolute Gasteiger partial charge is 0.506 e. The molecule has 0 atom stereocenters. The lowest BCUT2D eigenvalue weighted by Gasteiger charge is -2.40. The van der Waals surface area contributed by atoms with Gasteiger partial charge in [0.05, 0.1) is 4.47 Å². The van der Waals surface area contributed by atoms with E-state index in [0.717, 1.165) is 35.7 Å². The van der Waals surface area contributed by atoms with E-state index in [1.54, 1.807) is 0 Å². The Labute approximate surface area is 136 Å². The minimum atomic E-state index is -0.0125. The lowest BCUT2D eigenvalue weighted by Crippen LogP contribution is -2.38. The molecule has 0 radical (unpaired) electrons. The number of rotatable bonds is 2. The van der Waals surface area contributed by atoms with Crippen molar-refractivity contribution in [3.05, 3.63) is 26.7 Å². The number of phenolic OH excluding ortho intramolecular Hbond substituents is 1. The molecule has 0 saturated heterocycles. The summed E-state index contributed by atoms with van der Waals surface area (Å²) in [6, 6.07) is 0. The van der Waals surface area contributed by atoms with Gasteiger partial charge in [0.25, 0.3) is 0 Å². The van der Waals surface area contributed by atoms with Crippen LogP contribution in [0.15, 0.2) is 4.47 Å². The normalized spacial score (nSPS) is 21.1. The van der Waals surface area contributed by atoms with Gasteiger partial charge in [-0.15, -0.1) is 0 Å². The van der Waals surface area contributed by atoms with E-state index in [0.29, 0.717) is 12.3 Å². The fourth-order valence-corrected chi connectivity index (χ4v) is 5.21. The Morgan fingerprint density at radius 2 is 1.67 bits per heavy atom. The maximum atomic E-state index is 10.9. The summed E-state index contributed by atoms with van der Waals surface area (Å²) in [7, 11) is 0. The second-order valence-corrected chi connectivity index (χ2v) is 7.66. The highest BCUT2D eigenvalue weighted by atomic mass is 79.9. The SMILES string of the molecule is Cc1c2c(c(Br)c(O)c1C1(CN)CCCCC1)CCCC2. The molecule has 0 aliphatic heterocycles. The topological polar surface area (TPSA) is 46.2 Å². The number of nitrogens with two attached hydrogens (primary N) is 1. The van der Waals surface area contributed by atoms with Crippen molar-refractivity contribution in [1.82, 2.24) is 0 Å². The lowest BCUT2D eigenvalue weighted by atomic mass is 9.66. The Balaban J connectivity index is 2.20. The van der Waals surface area contributed by atoms with Crippen LogP contribution in [0, 0.1) is 6.92 Å². The molecular formula is C18H26BrNO. The van der Waals surface area contributed by atoms with Crippen molar-refractivity contribution in [3.8, 4) is 5.75 Å². The zero-order chi connectivity index (χ0) is 15.0. The molecule has 3 rings (SSSR count). The van der Waals surface area contributed by atoms with Gasteiger partial charge >= 0.3 is 0 Å². The van der Waals surface area contributed by atoms with E-state index in [9.17, 15) is 5.11 Å². The fourth-order valence-electron chi connectivity index (χ4n) is 4.58. The van der Waals surface area contributed by atoms with Gasteiger partial charge in [-0.05, 0) is 78.1 Å². The number of fused-ring (bicyclic) bond motifs is 1. The van der Waals surface area contributed by atoms with Gasteiger partial charge in [-0.3, -0.25) is 0 Å². The molecule has 2 nitrogen and oxygen atoms in total. The highest BCUT2D eigenvalue weighted by molar-refractivity contribution is 9.10. The van der Waals surface area contributed by atoms with Crippen molar-refractivity contribution in [1.29, 1.82) is 0 Å². The standard InChI is InChI=1S/C18H26BrNO/c1-12-13-7-3-4-8-14(13)16(19)17(21)15(12)18(11-20)9-5-2-6-10-18/h21H,2-11,20H2,1H3. The van der Waals surface area contributed by atoms with Crippen molar-refractivity contribution in [2.24, 2.45) is 5.73 Å². The first-order chi connectivity index (χ1) is 10.1. The number of hydrogen-bond donors (Lipinski definition) is 2. The van der Waals surface area contributed by atoms with E-state index >= 15 is 0 Å². The van der Waals surface area contributed by atoms with Gasteiger partial charge in [0, 0.05) is 17.5 Å². The molecule has 0 unspecified atom stereocenters. The molecule has 2 aliphatic carbocycles. The molecule has 0 spiro atoms. The van der Waals surface area contributed by atoms with Crippen LogP contribution in [0.1, 0.15) is 67.2 Å². The van der Waals surface area contributed by atoms with E-state index in [4.69, 9.17) is 5.73 Å².